The first-order valence-electron chi connectivity index (χ1n) is 8.71. The van der Waals surface area contributed by atoms with Gasteiger partial charge in [0, 0.05) is 0 Å². The Balaban J connectivity index is 0.000000204. The predicted octanol–water partition coefficient (Wildman–Crippen LogP) is 6.56. The Labute approximate surface area is 127 Å². The molecule has 1 aliphatic rings. The molecule has 0 nitrogen and oxygen atoms in total. The summed E-state index contributed by atoms with van der Waals surface area (Å²) in [6.45, 7) is 9.01. The van der Waals surface area contributed by atoms with Crippen molar-refractivity contribution in [3.8, 4) is 0 Å². The summed E-state index contributed by atoms with van der Waals surface area (Å²) in [6.07, 6.45) is 11.5. The van der Waals surface area contributed by atoms with Crippen LogP contribution in [0.5, 0.6) is 0 Å². The Morgan fingerprint density at radius 3 is 2.25 bits per heavy atom. The smallest absolute Gasteiger partial charge is 0.0307 e. The minimum atomic E-state index is 1.01. The predicted molar refractivity (Wildman–Crippen MR) is 91.2 cm³/mol. The van der Waals surface area contributed by atoms with E-state index in [0.29, 0.717) is 0 Å². The highest BCUT2D eigenvalue weighted by atomic mass is 14.2. The third-order valence-corrected chi connectivity index (χ3v) is 4.60. The van der Waals surface area contributed by atoms with E-state index >= 15 is 0 Å². The van der Waals surface area contributed by atoms with Crippen LogP contribution in [0.1, 0.15) is 76.8 Å². The van der Waals surface area contributed by atoms with Gasteiger partial charge in [-0.05, 0) is 30.7 Å². The van der Waals surface area contributed by atoms with E-state index in [0.717, 1.165) is 18.3 Å². The van der Waals surface area contributed by atoms with Crippen LogP contribution in [-0.4, -0.2) is 0 Å². The molecular weight excluding hydrogens is 240 g/mol. The van der Waals surface area contributed by atoms with E-state index < -0.39 is 0 Å². The average Bonchev–Trinajstić information content (AvgIpc) is 2.66. The van der Waals surface area contributed by atoms with Gasteiger partial charge in [0.1, 0.15) is 0 Å². The number of rotatable bonds is 3. The Morgan fingerprint density at radius 2 is 1.65 bits per heavy atom. The van der Waals surface area contributed by atoms with Crippen LogP contribution in [0.3, 0.4) is 0 Å². The molecule has 1 fully saturated rings. The molecule has 1 aliphatic carbocycles. The summed E-state index contributed by atoms with van der Waals surface area (Å²) in [5, 5.41) is 0. The zero-order chi connectivity index (χ0) is 14.8. The first kappa shape index (κ1) is 17.3. The highest BCUT2D eigenvalue weighted by Gasteiger charge is 2.14. The van der Waals surface area contributed by atoms with Crippen molar-refractivity contribution in [1.82, 2.24) is 0 Å². The van der Waals surface area contributed by atoms with Crippen LogP contribution < -0.4 is 0 Å². The van der Waals surface area contributed by atoms with E-state index in [1.54, 1.807) is 0 Å². The van der Waals surface area contributed by atoms with Crippen molar-refractivity contribution < 1.29 is 0 Å². The van der Waals surface area contributed by atoms with Crippen LogP contribution in [0, 0.1) is 18.8 Å². The SMILES string of the molecule is CCCC1CCCC(C)CC1.CCc1ccc(C)cc1. The molecule has 2 atom stereocenters. The summed E-state index contributed by atoms with van der Waals surface area (Å²) in [6, 6.07) is 8.66. The normalized spacial score (nSPS) is 22.6. The Bertz CT molecular complexity index is 336. The summed E-state index contributed by atoms with van der Waals surface area (Å²) < 4.78 is 0. The van der Waals surface area contributed by atoms with Crippen LogP contribution in [0.2, 0.25) is 0 Å². The van der Waals surface area contributed by atoms with E-state index in [9.17, 15) is 0 Å². The van der Waals surface area contributed by atoms with Crippen molar-refractivity contribution in [2.45, 2.75) is 79.1 Å². The molecule has 1 aromatic carbocycles. The fourth-order valence-electron chi connectivity index (χ4n) is 3.08. The minimum Gasteiger partial charge on any atom is -0.0654 e. The van der Waals surface area contributed by atoms with Gasteiger partial charge in [-0.2, -0.15) is 0 Å². The third kappa shape index (κ3) is 7.12. The molecule has 0 heteroatoms. The van der Waals surface area contributed by atoms with E-state index in [1.807, 2.05) is 0 Å². The second kappa shape index (κ2) is 10.0. The second-order valence-corrected chi connectivity index (χ2v) is 6.61. The fraction of sp³-hybridized carbons (Fsp3) is 0.700. The number of aryl methyl sites for hydroxylation is 2. The van der Waals surface area contributed by atoms with Crippen LogP contribution >= 0.6 is 0 Å². The quantitative estimate of drug-likeness (QED) is 0.547. The van der Waals surface area contributed by atoms with Crippen LogP contribution in [-0.2, 0) is 6.42 Å². The summed E-state index contributed by atoms with van der Waals surface area (Å²) in [5.74, 6) is 2.09. The van der Waals surface area contributed by atoms with Gasteiger partial charge < -0.3 is 0 Å². The van der Waals surface area contributed by atoms with Gasteiger partial charge in [0.2, 0.25) is 0 Å². The molecule has 0 aromatic heterocycles. The maximum Gasteiger partial charge on any atom is -0.0307 e. The molecule has 20 heavy (non-hydrogen) atoms. The lowest BCUT2D eigenvalue weighted by Crippen LogP contribution is -1.97. The van der Waals surface area contributed by atoms with Crippen LogP contribution in [0.4, 0.5) is 0 Å². The number of benzene rings is 1. The number of hydrogen-bond donors (Lipinski definition) is 0. The lowest BCUT2D eigenvalue weighted by atomic mass is 9.95. The zero-order valence-corrected chi connectivity index (χ0v) is 14.1. The number of hydrogen-bond acceptors (Lipinski definition) is 0. The fourth-order valence-corrected chi connectivity index (χ4v) is 3.08. The Morgan fingerprint density at radius 1 is 0.950 bits per heavy atom. The molecule has 1 saturated carbocycles. The minimum absolute atomic E-state index is 1.01. The van der Waals surface area contributed by atoms with Gasteiger partial charge >= 0.3 is 0 Å². The van der Waals surface area contributed by atoms with Crippen molar-refractivity contribution in [2.75, 3.05) is 0 Å². The first-order valence-corrected chi connectivity index (χ1v) is 8.71. The van der Waals surface area contributed by atoms with Crippen molar-refractivity contribution in [3.05, 3.63) is 35.4 Å². The topological polar surface area (TPSA) is 0 Å². The summed E-state index contributed by atoms with van der Waals surface area (Å²) >= 11 is 0. The first-order chi connectivity index (χ1) is 9.65. The van der Waals surface area contributed by atoms with Crippen molar-refractivity contribution in [1.29, 1.82) is 0 Å². The average molecular weight is 274 g/mol. The summed E-state index contributed by atoms with van der Waals surface area (Å²) in [4.78, 5) is 0. The zero-order valence-electron chi connectivity index (χ0n) is 14.1. The molecule has 0 spiro atoms. The van der Waals surface area contributed by atoms with Crippen molar-refractivity contribution >= 4 is 0 Å². The molecule has 2 unspecified atom stereocenters. The van der Waals surface area contributed by atoms with Crippen molar-refractivity contribution in [3.63, 3.8) is 0 Å². The van der Waals surface area contributed by atoms with E-state index in [1.165, 1.54) is 56.1 Å². The van der Waals surface area contributed by atoms with Crippen LogP contribution in [0.25, 0.3) is 0 Å². The van der Waals surface area contributed by atoms with Gasteiger partial charge in [0.15, 0.2) is 0 Å². The summed E-state index contributed by atoms with van der Waals surface area (Å²) in [5.41, 5.74) is 2.76. The molecular formula is C20H34. The van der Waals surface area contributed by atoms with Gasteiger partial charge in [-0.15, -0.1) is 0 Å². The molecule has 0 amide bonds. The van der Waals surface area contributed by atoms with Gasteiger partial charge in [0.25, 0.3) is 0 Å². The van der Waals surface area contributed by atoms with Gasteiger partial charge in [-0.25, -0.2) is 0 Å². The summed E-state index contributed by atoms with van der Waals surface area (Å²) in [7, 11) is 0. The van der Waals surface area contributed by atoms with Crippen LogP contribution in [0.15, 0.2) is 24.3 Å². The van der Waals surface area contributed by atoms with E-state index in [4.69, 9.17) is 0 Å². The monoisotopic (exact) mass is 274 g/mol. The Kier molecular flexibility index (Phi) is 8.65. The maximum absolute atomic E-state index is 2.41. The third-order valence-electron chi connectivity index (χ3n) is 4.60. The highest BCUT2D eigenvalue weighted by Crippen LogP contribution is 2.29. The molecule has 0 saturated heterocycles. The Hall–Kier alpha value is -0.780. The molecule has 114 valence electrons. The molecule has 1 aromatic rings. The molecule has 2 rings (SSSR count). The van der Waals surface area contributed by atoms with Gasteiger partial charge in [-0.3, -0.25) is 0 Å². The van der Waals surface area contributed by atoms with Gasteiger partial charge in [0.05, 0.1) is 0 Å². The largest absolute Gasteiger partial charge is 0.0654 e. The van der Waals surface area contributed by atoms with Crippen molar-refractivity contribution in [2.24, 2.45) is 11.8 Å². The molecule has 0 aliphatic heterocycles. The highest BCUT2D eigenvalue weighted by molar-refractivity contribution is 5.20. The second-order valence-electron chi connectivity index (χ2n) is 6.61. The van der Waals surface area contributed by atoms with Gasteiger partial charge in [-0.1, -0.05) is 95.5 Å². The molecule has 0 N–H and O–H groups in total. The standard InChI is InChI=1S/C11H22.C9H12/c1-3-5-11-7-4-6-10(2)8-9-11;1-3-9-6-4-8(2)5-7-9/h10-11H,3-9H2,1-2H3;4-7H,3H2,1-2H3. The lowest BCUT2D eigenvalue weighted by Gasteiger charge is -2.11. The maximum atomic E-state index is 2.41. The van der Waals surface area contributed by atoms with E-state index in [2.05, 4.69) is 52.0 Å². The lowest BCUT2D eigenvalue weighted by molar-refractivity contribution is 0.414. The van der Waals surface area contributed by atoms with E-state index in [-0.39, 0.29) is 0 Å². The molecule has 0 bridgehead atoms. The molecule has 0 heterocycles. The molecule has 0 radical (unpaired) electrons.